The van der Waals surface area contributed by atoms with Crippen molar-refractivity contribution in [3.63, 3.8) is 0 Å². The summed E-state index contributed by atoms with van der Waals surface area (Å²) in [6.07, 6.45) is 7.01. The van der Waals surface area contributed by atoms with E-state index in [9.17, 15) is 0 Å². The van der Waals surface area contributed by atoms with Crippen LogP contribution in [0.3, 0.4) is 0 Å². The molecule has 235 valence electrons. The molecular formula is C43H32IrN4-2. The van der Waals surface area contributed by atoms with Crippen LogP contribution in [0.4, 0.5) is 0 Å². The Hall–Kier alpha value is -5.22. The van der Waals surface area contributed by atoms with E-state index in [1.807, 2.05) is 66.9 Å². The van der Waals surface area contributed by atoms with E-state index in [0.29, 0.717) is 0 Å². The molecule has 0 aliphatic carbocycles. The molecule has 0 spiro atoms. The van der Waals surface area contributed by atoms with Gasteiger partial charge >= 0.3 is 0 Å². The number of pyridine rings is 3. The molecule has 48 heavy (non-hydrogen) atoms. The second kappa shape index (κ2) is 12.8. The van der Waals surface area contributed by atoms with Gasteiger partial charge in [0.05, 0.1) is 11.2 Å². The normalized spacial score (nSPS) is 11.5. The zero-order valence-electron chi connectivity index (χ0n) is 26.9. The number of aromatic nitrogens is 4. The molecule has 0 fully saturated rings. The molecule has 1 radical (unpaired) electrons. The summed E-state index contributed by atoms with van der Waals surface area (Å²) in [6.45, 7) is 6.82. The molecule has 0 N–H and O–H groups in total. The Balaban J connectivity index is 0.000000237. The maximum absolute atomic E-state index is 4.87. The third-order valence-electron chi connectivity index (χ3n) is 8.74. The van der Waals surface area contributed by atoms with E-state index in [4.69, 9.17) is 9.97 Å². The summed E-state index contributed by atoms with van der Waals surface area (Å²) in [4.78, 5) is 13.9. The molecule has 5 heterocycles. The van der Waals surface area contributed by atoms with Crippen LogP contribution in [0, 0.1) is 12.3 Å². The summed E-state index contributed by atoms with van der Waals surface area (Å²) < 4.78 is 2.30. The van der Waals surface area contributed by atoms with Crippen LogP contribution in [0.1, 0.15) is 26.3 Å². The molecular weight excluding hydrogens is 765 g/mol. The number of hydrogen-bond donors (Lipinski definition) is 0. The zero-order chi connectivity index (χ0) is 32.0. The first kappa shape index (κ1) is 31.4. The maximum atomic E-state index is 4.87. The van der Waals surface area contributed by atoms with E-state index in [-0.39, 0.29) is 25.5 Å². The molecule has 0 aliphatic rings. The van der Waals surface area contributed by atoms with Gasteiger partial charge in [-0.3, -0.25) is 0 Å². The minimum Gasteiger partial charge on any atom is -0.335 e. The van der Waals surface area contributed by atoms with Crippen molar-refractivity contribution in [3.8, 4) is 33.6 Å². The molecule has 0 atom stereocenters. The van der Waals surface area contributed by atoms with Gasteiger partial charge in [-0.15, -0.1) is 47.5 Å². The predicted molar refractivity (Wildman–Crippen MR) is 194 cm³/mol. The van der Waals surface area contributed by atoms with Gasteiger partial charge in [-0.2, -0.15) is 0 Å². The quantitative estimate of drug-likeness (QED) is 0.167. The van der Waals surface area contributed by atoms with E-state index < -0.39 is 0 Å². The Morgan fingerprint density at radius 3 is 2.04 bits per heavy atom. The molecule has 4 aromatic carbocycles. The van der Waals surface area contributed by atoms with Crippen LogP contribution in [0.5, 0.6) is 0 Å². The largest absolute Gasteiger partial charge is 0.335 e. The summed E-state index contributed by atoms with van der Waals surface area (Å²) >= 11 is 0. The first-order valence-corrected chi connectivity index (χ1v) is 15.9. The average molecular weight is 797 g/mol. The van der Waals surface area contributed by atoms with E-state index in [0.717, 1.165) is 44.7 Å². The van der Waals surface area contributed by atoms with Crippen molar-refractivity contribution in [1.82, 2.24) is 19.4 Å². The van der Waals surface area contributed by atoms with Gasteiger partial charge in [0.2, 0.25) is 0 Å². The summed E-state index contributed by atoms with van der Waals surface area (Å²) in [5.74, 6) is 0. The summed E-state index contributed by atoms with van der Waals surface area (Å²) in [5, 5.41) is 4.93. The molecule has 0 aliphatic heterocycles. The number of nitrogens with zero attached hydrogens (tertiary/aromatic N) is 4. The van der Waals surface area contributed by atoms with E-state index in [1.54, 1.807) is 6.20 Å². The van der Waals surface area contributed by atoms with Gasteiger partial charge in [0, 0.05) is 48.8 Å². The molecule has 9 rings (SSSR count). The first-order valence-electron chi connectivity index (χ1n) is 15.9. The van der Waals surface area contributed by atoms with Crippen molar-refractivity contribution in [2.45, 2.75) is 26.2 Å². The molecule has 0 bridgehead atoms. The third kappa shape index (κ3) is 5.66. The Morgan fingerprint density at radius 2 is 1.33 bits per heavy atom. The first-order chi connectivity index (χ1) is 23.0. The fraction of sp³-hybridized carbons (Fsp3) is 0.0930. The number of rotatable bonds is 3. The van der Waals surface area contributed by atoms with Gasteiger partial charge in [0.15, 0.2) is 0 Å². The van der Waals surface area contributed by atoms with Crippen molar-refractivity contribution in [2.24, 2.45) is 0 Å². The zero-order valence-corrected chi connectivity index (χ0v) is 29.3. The number of fused-ring (bicyclic) bond motifs is 6. The smallest absolute Gasteiger partial charge is 0.0604 e. The van der Waals surface area contributed by atoms with Gasteiger partial charge in [0.25, 0.3) is 0 Å². The van der Waals surface area contributed by atoms with E-state index in [2.05, 4.69) is 109 Å². The minimum absolute atomic E-state index is 0. The van der Waals surface area contributed by atoms with E-state index in [1.165, 1.54) is 32.8 Å². The molecule has 0 unspecified atom stereocenters. The van der Waals surface area contributed by atoms with Gasteiger partial charge in [-0.1, -0.05) is 99.0 Å². The summed E-state index contributed by atoms with van der Waals surface area (Å²) in [7, 11) is 0. The van der Waals surface area contributed by atoms with Crippen LogP contribution in [0.25, 0.3) is 71.9 Å². The SMILES string of the molecule is CC(C)(C)c1cc2c3ccccc3n3c4n[c-]c(-c5ccc(-c6ccccc6)cn5)cc4c(c1)c23.[Ir].[c-]1ccccc1-c1ccccn1. The molecule has 5 heteroatoms. The van der Waals surface area contributed by atoms with Crippen molar-refractivity contribution in [1.29, 1.82) is 0 Å². The van der Waals surface area contributed by atoms with Crippen LogP contribution >= 0.6 is 0 Å². The number of para-hydroxylation sites is 1. The average Bonchev–Trinajstić information content (AvgIpc) is 3.64. The molecule has 9 aromatic rings. The van der Waals surface area contributed by atoms with Gasteiger partial charge in [0.1, 0.15) is 0 Å². The Morgan fingerprint density at radius 1 is 0.604 bits per heavy atom. The second-order valence-electron chi connectivity index (χ2n) is 12.8. The Bertz CT molecular complexity index is 2430. The molecule has 0 saturated carbocycles. The van der Waals surface area contributed by atoms with Gasteiger partial charge < -0.3 is 19.4 Å². The van der Waals surface area contributed by atoms with Crippen molar-refractivity contribution < 1.29 is 20.1 Å². The van der Waals surface area contributed by atoms with Crippen molar-refractivity contribution in [2.75, 3.05) is 0 Å². The van der Waals surface area contributed by atoms with Gasteiger partial charge in [-0.25, -0.2) is 0 Å². The fourth-order valence-electron chi connectivity index (χ4n) is 6.30. The van der Waals surface area contributed by atoms with E-state index >= 15 is 0 Å². The van der Waals surface area contributed by atoms with Crippen LogP contribution in [-0.4, -0.2) is 19.4 Å². The summed E-state index contributed by atoms with van der Waals surface area (Å²) in [6, 6.07) is 46.9. The number of benzene rings is 4. The molecule has 0 saturated heterocycles. The molecule has 0 amide bonds. The van der Waals surface area contributed by atoms with Crippen LogP contribution in [-0.2, 0) is 25.5 Å². The fourth-order valence-corrected chi connectivity index (χ4v) is 6.30. The standard InChI is InChI=1S/C32H24N3.C11H8N.Ir/c1-32(2,3)23-16-25-24-11-7-8-12-29(24)35-30(25)26(17-23)27-15-22(19-34-31(27)35)28-14-13-21(18-33-28)20-9-5-4-6-10-20;1-2-6-10(7-3-1)11-8-4-5-9-12-11;/h4-18H,1-3H3;1-6,8-9H;/q2*-1;. The maximum Gasteiger partial charge on any atom is 0.0604 e. The van der Waals surface area contributed by atoms with Crippen LogP contribution < -0.4 is 0 Å². The van der Waals surface area contributed by atoms with Gasteiger partial charge in [-0.05, 0) is 69.3 Å². The van der Waals surface area contributed by atoms with Crippen molar-refractivity contribution in [3.05, 3.63) is 158 Å². The minimum atomic E-state index is 0. The number of hydrogen-bond acceptors (Lipinski definition) is 3. The van der Waals surface area contributed by atoms with Crippen LogP contribution in [0.2, 0.25) is 0 Å². The molecule has 4 nitrogen and oxygen atoms in total. The topological polar surface area (TPSA) is 43.1 Å². The molecule has 5 aromatic heterocycles. The summed E-state index contributed by atoms with van der Waals surface area (Å²) in [5.41, 5.74) is 10.8. The predicted octanol–water partition coefficient (Wildman–Crippen LogP) is 10.6. The van der Waals surface area contributed by atoms with Crippen LogP contribution in [0.15, 0.2) is 140 Å². The Labute approximate surface area is 293 Å². The monoisotopic (exact) mass is 797 g/mol. The third-order valence-corrected chi connectivity index (χ3v) is 8.74. The second-order valence-corrected chi connectivity index (χ2v) is 12.8. The Kier molecular flexibility index (Phi) is 8.34. The van der Waals surface area contributed by atoms with Crippen molar-refractivity contribution >= 4 is 38.2 Å².